The first kappa shape index (κ1) is 78.7. The summed E-state index contributed by atoms with van der Waals surface area (Å²) in [4.78, 5) is 10.0. The molecule has 522 valence electrons. The van der Waals surface area contributed by atoms with E-state index < -0.39 is 72.1 Å². The third kappa shape index (κ3) is 20.5. The largest absolute Gasteiger partial charge is 0.741 e. The summed E-state index contributed by atoms with van der Waals surface area (Å²) >= 11 is 18.7. The molecule has 0 bridgehead atoms. The SMILES string of the molecule is Cc1n(S(=O)(=O)N2CCCCC2)cc[n+]1C.Cc1nccn1S(=O)(=O)N1CCCCC1.Cc1nccn1S(=O)(=O)n1cc[n+](C)c1C.O=S(=O)(N1CCCCC1)N1CCN(c2ccc(Cl)cc2Cl)C(c2ccc(Cl)cc2)C1.O=S(=O)([O-])C(F)(F)F.O=S(=O)([O-])C(F)(F)F. The van der Waals surface area contributed by atoms with Gasteiger partial charge in [0.05, 0.1) is 30.8 Å². The summed E-state index contributed by atoms with van der Waals surface area (Å²) in [6.07, 6.45) is 21.5. The Labute approximate surface area is 552 Å². The maximum Gasteiger partial charge on any atom is 0.485 e. The van der Waals surface area contributed by atoms with E-state index >= 15 is 0 Å². The van der Waals surface area contributed by atoms with Crippen LogP contribution < -0.4 is 14.0 Å². The highest BCUT2D eigenvalue weighted by molar-refractivity contribution is 7.89. The van der Waals surface area contributed by atoms with Gasteiger partial charge in [0.1, 0.15) is 36.4 Å². The Balaban J connectivity index is 0.000000216. The minimum Gasteiger partial charge on any atom is -0.741 e. The van der Waals surface area contributed by atoms with Crippen LogP contribution in [0.2, 0.25) is 15.1 Å². The summed E-state index contributed by atoms with van der Waals surface area (Å²) < 4.78 is 233. The van der Waals surface area contributed by atoms with Gasteiger partial charge < -0.3 is 14.0 Å². The number of piperidine rings is 3. The molecule has 42 heteroatoms. The second-order valence-electron chi connectivity index (χ2n) is 21.0. The number of rotatable bonds is 10. The van der Waals surface area contributed by atoms with E-state index in [1.807, 2.05) is 48.9 Å². The molecule has 0 N–H and O–H groups in total. The predicted octanol–water partition coefficient (Wildman–Crippen LogP) is 6.08. The molecule has 4 aliphatic heterocycles. The molecule has 6 aromatic rings. The van der Waals surface area contributed by atoms with Crippen molar-refractivity contribution in [1.82, 2.24) is 43.1 Å². The Morgan fingerprint density at radius 1 is 0.462 bits per heavy atom. The average Bonchev–Trinajstić information content (AvgIpc) is 1.65. The van der Waals surface area contributed by atoms with Gasteiger partial charge in [-0.2, -0.15) is 81.2 Å². The number of nitrogens with zero attached hydrogens (tertiary/aromatic N) is 13. The Morgan fingerprint density at radius 2 is 0.817 bits per heavy atom. The van der Waals surface area contributed by atoms with Crippen molar-refractivity contribution in [3.05, 3.63) is 136 Å². The van der Waals surface area contributed by atoms with Crippen LogP contribution in [0.15, 0.2) is 92.0 Å². The molecular formula is C51H70Cl3F6N13O14S6. The lowest BCUT2D eigenvalue weighted by molar-refractivity contribution is -0.676. The van der Waals surface area contributed by atoms with Gasteiger partial charge in [0.15, 0.2) is 20.2 Å². The Hall–Kier alpha value is -5.01. The fraction of sp³-hybridized carbons (Fsp3) is 0.529. The third-order valence-corrected chi connectivity index (χ3v) is 24.2. The van der Waals surface area contributed by atoms with Gasteiger partial charge in [0.2, 0.25) is 0 Å². The third-order valence-electron chi connectivity index (χ3n) is 14.7. The van der Waals surface area contributed by atoms with Crippen molar-refractivity contribution in [2.24, 2.45) is 14.1 Å². The summed E-state index contributed by atoms with van der Waals surface area (Å²) in [6, 6.07) is 12.8. The van der Waals surface area contributed by atoms with Crippen molar-refractivity contribution in [2.45, 2.75) is 103 Å². The molecule has 0 spiro atoms. The molecule has 1 atom stereocenters. The van der Waals surface area contributed by atoms with E-state index in [9.17, 15) is 60.0 Å². The van der Waals surface area contributed by atoms with E-state index in [0.717, 1.165) is 78.8 Å². The molecule has 8 heterocycles. The van der Waals surface area contributed by atoms with Gasteiger partial charge in [-0.1, -0.05) is 66.2 Å². The number of halogens is 9. The maximum absolute atomic E-state index is 13.3. The monoisotopic (exact) mass is 1500 g/mol. The Kier molecular flexibility index (Phi) is 27.4. The zero-order valence-corrected chi connectivity index (χ0v) is 58.0. The molecule has 93 heavy (non-hydrogen) atoms. The highest BCUT2D eigenvalue weighted by Gasteiger charge is 2.40. The normalized spacial score (nSPS) is 17.8. The average molecular weight is 1500 g/mol. The highest BCUT2D eigenvalue weighted by atomic mass is 35.5. The van der Waals surface area contributed by atoms with Crippen LogP contribution in [0.3, 0.4) is 0 Å². The summed E-state index contributed by atoms with van der Waals surface area (Å²) in [7, 11) is -22.3. The minimum atomic E-state index is -6.09. The second-order valence-corrected chi connectivity index (χ2v) is 32.2. The van der Waals surface area contributed by atoms with Crippen LogP contribution in [-0.2, 0) is 75.2 Å². The second kappa shape index (κ2) is 32.4. The van der Waals surface area contributed by atoms with Crippen LogP contribution in [0.5, 0.6) is 0 Å². The first-order valence-corrected chi connectivity index (χ1v) is 37.6. The maximum atomic E-state index is 13.3. The first-order chi connectivity index (χ1) is 43.0. The lowest BCUT2D eigenvalue weighted by Gasteiger charge is -2.44. The fourth-order valence-electron chi connectivity index (χ4n) is 9.51. The molecule has 4 aliphatic rings. The molecule has 1 unspecified atom stereocenters. The van der Waals surface area contributed by atoms with Crippen molar-refractivity contribution >= 4 is 102 Å². The van der Waals surface area contributed by atoms with Crippen LogP contribution in [0, 0.1) is 27.7 Å². The summed E-state index contributed by atoms with van der Waals surface area (Å²) in [5.74, 6) is 2.31. The van der Waals surface area contributed by atoms with Crippen LogP contribution in [0.25, 0.3) is 0 Å². The molecule has 0 saturated carbocycles. The minimum absolute atomic E-state index is 0.186. The van der Waals surface area contributed by atoms with Crippen molar-refractivity contribution in [3.8, 4) is 0 Å². The molecule has 2 aromatic carbocycles. The summed E-state index contributed by atoms with van der Waals surface area (Å²) in [6.45, 7) is 11.9. The van der Waals surface area contributed by atoms with Crippen molar-refractivity contribution in [3.63, 3.8) is 0 Å². The number of anilines is 1. The molecule has 0 aliphatic carbocycles. The molecule has 4 fully saturated rings. The van der Waals surface area contributed by atoms with Gasteiger partial charge in [-0.3, -0.25) is 0 Å². The Morgan fingerprint density at radius 3 is 1.16 bits per heavy atom. The van der Waals surface area contributed by atoms with Crippen molar-refractivity contribution < 1.29 is 95.1 Å². The lowest BCUT2D eigenvalue weighted by Crippen LogP contribution is -2.55. The van der Waals surface area contributed by atoms with E-state index in [1.165, 1.54) is 47.2 Å². The number of benzene rings is 2. The quantitative estimate of drug-likeness (QED) is 0.0649. The zero-order chi connectivity index (χ0) is 69.9. The van der Waals surface area contributed by atoms with Crippen LogP contribution in [-0.4, -0.2) is 173 Å². The van der Waals surface area contributed by atoms with E-state index in [4.69, 9.17) is 60.7 Å². The van der Waals surface area contributed by atoms with Crippen LogP contribution >= 0.6 is 34.8 Å². The molecule has 27 nitrogen and oxygen atoms in total. The Bertz CT molecular complexity index is 4140. The van der Waals surface area contributed by atoms with Crippen LogP contribution in [0.4, 0.5) is 32.0 Å². The van der Waals surface area contributed by atoms with E-state index in [2.05, 4.69) is 14.9 Å². The van der Waals surface area contributed by atoms with Gasteiger partial charge in [0, 0.05) is 108 Å². The molecule has 0 amide bonds. The highest BCUT2D eigenvalue weighted by Crippen LogP contribution is 2.38. The number of piperazine rings is 1. The van der Waals surface area contributed by atoms with Gasteiger partial charge in [0.25, 0.3) is 21.9 Å². The predicted molar refractivity (Wildman–Crippen MR) is 329 cm³/mol. The number of alkyl halides is 6. The van der Waals surface area contributed by atoms with Gasteiger partial charge >= 0.3 is 41.6 Å². The van der Waals surface area contributed by atoms with E-state index in [0.29, 0.717) is 91.4 Å². The van der Waals surface area contributed by atoms with Crippen molar-refractivity contribution in [1.29, 1.82) is 0 Å². The first-order valence-electron chi connectivity index (χ1n) is 28.1. The molecule has 4 saturated heterocycles. The molecule has 4 aromatic heterocycles. The van der Waals surface area contributed by atoms with Crippen LogP contribution in [0.1, 0.15) is 92.7 Å². The topological polar surface area (TPSA) is 320 Å². The number of hydrogen-bond acceptors (Lipinski definition) is 17. The van der Waals surface area contributed by atoms with Gasteiger partial charge in [-0.05, 0) is 88.3 Å². The number of aromatic nitrogens is 8. The molecule has 10 rings (SSSR count). The van der Waals surface area contributed by atoms with E-state index in [-0.39, 0.29) is 6.04 Å². The number of aryl methyl sites for hydroxylation is 4. The van der Waals surface area contributed by atoms with Crippen molar-refractivity contribution in [2.75, 3.05) is 63.8 Å². The summed E-state index contributed by atoms with van der Waals surface area (Å²) in [5, 5.41) is 1.76. The van der Waals surface area contributed by atoms with Gasteiger partial charge in [-0.15, -0.1) is 7.94 Å². The van der Waals surface area contributed by atoms with Gasteiger partial charge in [-0.25, -0.2) is 39.9 Å². The summed E-state index contributed by atoms with van der Waals surface area (Å²) in [5.41, 5.74) is -9.46. The number of imidazole rings is 4. The molecule has 0 radical (unpaired) electrons. The fourth-order valence-corrected chi connectivity index (χ4v) is 16.5. The number of hydrogen-bond donors (Lipinski definition) is 0. The standard InChI is InChI=1S/C21H24Cl3N3O2S.C10H18N3O2S.C9H13N4O2S.C9H15N3O2S.2CHF3O3S/c22-17-6-4-16(5-7-17)21-15-26(30(28,29)25-10-2-1-3-11-25)12-13-27(21)20-9-8-18(23)14-19(20)24;1-10-11(2)8-9-13(10)16(14,15)12-6-4-3-5-7-12;1-8-10-4-5-12(8)16(14,15)13-7-6-11(3)9(13)2;1-9-10-5-8-12(9)15(13,14)11-6-3-2-4-7-11;2*2-1(3,4)8(5,6)7/h4-9,14,21H,1-3,10-13,15H2;8-9H,3-7H2,1-2H3;4-7H,1-3H3;5,8H,2-4,6-7H2,1H3;2*(H,5,6,7)/q;2*+1;;;/p-2. The smallest absolute Gasteiger partial charge is 0.485 e. The molecular weight excluding hydrogens is 1430 g/mol. The zero-order valence-electron chi connectivity index (χ0n) is 50.8. The lowest BCUT2D eigenvalue weighted by atomic mass is 10.0. The van der Waals surface area contributed by atoms with E-state index in [1.54, 1.807) is 76.0 Å².